The van der Waals surface area contributed by atoms with E-state index >= 15 is 0 Å². The lowest BCUT2D eigenvalue weighted by Gasteiger charge is -2.30. The van der Waals surface area contributed by atoms with E-state index in [1.54, 1.807) is 18.6 Å². The number of carbonyl (C=O) groups is 1. The molecule has 1 unspecified atom stereocenters. The Morgan fingerprint density at radius 1 is 1.38 bits per heavy atom. The minimum Gasteiger partial charge on any atom is -0.355 e. The van der Waals surface area contributed by atoms with Gasteiger partial charge in [-0.25, -0.2) is 9.37 Å². The molecule has 1 heterocycles. The van der Waals surface area contributed by atoms with Crippen LogP contribution >= 0.6 is 0 Å². The number of rotatable bonds is 6. The maximum absolute atomic E-state index is 14.3. The van der Waals surface area contributed by atoms with Crippen molar-refractivity contribution in [2.24, 2.45) is 0 Å². The number of hydrogen-bond acceptors (Lipinski definition) is 2. The molecule has 0 aliphatic heterocycles. The number of amides is 1. The van der Waals surface area contributed by atoms with Crippen LogP contribution in [0.3, 0.4) is 0 Å². The molecule has 1 aliphatic rings. The summed E-state index contributed by atoms with van der Waals surface area (Å²) in [5.41, 5.74) is 0.477. The van der Waals surface area contributed by atoms with Gasteiger partial charge >= 0.3 is 0 Å². The third kappa shape index (κ3) is 3.50. The van der Waals surface area contributed by atoms with E-state index in [0.717, 1.165) is 31.2 Å². The summed E-state index contributed by atoms with van der Waals surface area (Å²) in [5, 5.41) is 3.04. The molecule has 1 N–H and O–H groups in total. The van der Waals surface area contributed by atoms with Crippen LogP contribution in [0.2, 0.25) is 0 Å². The van der Waals surface area contributed by atoms with Crippen molar-refractivity contribution >= 4 is 5.91 Å². The van der Waals surface area contributed by atoms with Gasteiger partial charge in [-0.1, -0.05) is 31.0 Å². The molecule has 0 spiro atoms. The number of imidazole rings is 1. The van der Waals surface area contributed by atoms with Crippen LogP contribution in [-0.2, 0) is 10.2 Å². The second kappa shape index (κ2) is 7.16. The standard InChI is InChI=1S/C19H24FN3O/c1-15(23-11-10-21-14-23)12-18(24)22-13-19(8-4-5-9-19)16-6-2-3-7-17(16)20/h2-3,6-7,10-11,14-15H,4-5,8-9,12-13H2,1H3,(H,22,24). The molecule has 4 nitrogen and oxygen atoms in total. The molecular formula is C19H24FN3O. The summed E-state index contributed by atoms with van der Waals surface area (Å²) in [6.07, 6.45) is 9.68. The van der Waals surface area contributed by atoms with Gasteiger partial charge in [0.25, 0.3) is 0 Å². The van der Waals surface area contributed by atoms with Gasteiger partial charge in [0, 0.05) is 36.8 Å². The third-order valence-electron chi connectivity index (χ3n) is 5.14. The molecule has 1 atom stereocenters. The van der Waals surface area contributed by atoms with Crippen molar-refractivity contribution in [3.8, 4) is 0 Å². The smallest absolute Gasteiger partial charge is 0.222 e. The van der Waals surface area contributed by atoms with E-state index in [1.807, 2.05) is 29.8 Å². The molecule has 5 heteroatoms. The fourth-order valence-electron chi connectivity index (χ4n) is 3.73. The fourth-order valence-corrected chi connectivity index (χ4v) is 3.73. The maximum Gasteiger partial charge on any atom is 0.222 e. The molecule has 0 radical (unpaired) electrons. The lowest BCUT2D eigenvalue weighted by atomic mass is 9.78. The number of aromatic nitrogens is 2. The first-order valence-electron chi connectivity index (χ1n) is 8.60. The van der Waals surface area contributed by atoms with E-state index in [1.165, 1.54) is 6.07 Å². The molecule has 1 aromatic heterocycles. The van der Waals surface area contributed by atoms with Crippen molar-refractivity contribution in [3.05, 3.63) is 54.4 Å². The average molecular weight is 329 g/mol. The third-order valence-corrected chi connectivity index (χ3v) is 5.14. The van der Waals surface area contributed by atoms with Crippen molar-refractivity contribution in [3.63, 3.8) is 0 Å². The summed E-state index contributed by atoms with van der Waals surface area (Å²) in [7, 11) is 0. The first-order valence-corrected chi connectivity index (χ1v) is 8.60. The number of halogens is 1. The molecule has 24 heavy (non-hydrogen) atoms. The zero-order valence-electron chi connectivity index (χ0n) is 14.0. The second-order valence-electron chi connectivity index (χ2n) is 6.81. The van der Waals surface area contributed by atoms with Crippen LogP contribution < -0.4 is 5.32 Å². The summed E-state index contributed by atoms with van der Waals surface area (Å²) < 4.78 is 16.2. The Bertz CT molecular complexity index is 678. The molecule has 1 aromatic carbocycles. The van der Waals surface area contributed by atoms with E-state index in [0.29, 0.717) is 13.0 Å². The lowest BCUT2D eigenvalue weighted by molar-refractivity contribution is -0.122. The molecule has 0 saturated heterocycles. The van der Waals surface area contributed by atoms with Crippen molar-refractivity contribution < 1.29 is 9.18 Å². The van der Waals surface area contributed by atoms with Gasteiger partial charge in [-0.3, -0.25) is 4.79 Å². The van der Waals surface area contributed by atoms with Crippen LogP contribution in [0.5, 0.6) is 0 Å². The van der Waals surface area contributed by atoms with E-state index < -0.39 is 0 Å². The number of hydrogen-bond donors (Lipinski definition) is 1. The van der Waals surface area contributed by atoms with Gasteiger partial charge in [-0.15, -0.1) is 0 Å². The summed E-state index contributed by atoms with van der Waals surface area (Å²) in [6.45, 7) is 2.49. The highest BCUT2D eigenvalue weighted by molar-refractivity contribution is 5.76. The van der Waals surface area contributed by atoms with Crippen LogP contribution in [0.4, 0.5) is 4.39 Å². The van der Waals surface area contributed by atoms with Gasteiger partial charge < -0.3 is 9.88 Å². The van der Waals surface area contributed by atoms with Crippen molar-refractivity contribution in [2.45, 2.75) is 50.5 Å². The highest BCUT2D eigenvalue weighted by atomic mass is 19.1. The van der Waals surface area contributed by atoms with Crippen LogP contribution in [0, 0.1) is 5.82 Å². The molecule has 128 valence electrons. The zero-order chi connectivity index (χ0) is 17.0. The summed E-state index contributed by atoms with van der Waals surface area (Å²) in [5.74, 6) is -0.167. The summed E-state index contributed by atoms with van der Waals surface area (Å²) in [4.78, 5) is 16.3. The normalized spacial score (nSPS) is 17.6. The number of benzene rings is 1. The Balaban J connectivity index is 1.65. The van der Waals surface area contributed by atoms with Gasteiger partial charge in [-0.05, 0) is 31.4 Å². The maximum atomic E-state index is 14.3. The van der Waals surface area contributed by atoms with E-state index in [2.05, 4.69) is 10.3 Å². The number of carbonyl (C=O) groups excluding carboxylic acids is 1. The molecule has 1 fully saturated rings. The Morgan fingerprint density at radius 3 is 2.79 bits per heavy atom. The topological polar surface area (TPSA) is 46.9 Å². The van der Waals surface area contributed by atoms with Crippen molar-refractivity contribution in [1.29, 1.82) is 0 Å². The second-order valence-corrected chi connectivity index (χ2v) is 6.81. The Kier molecular flexibility index (Phi) is 4.97. The average Bonchev–Trinajstić information content (AvgIpc) is 3.26. The zero-order valence-corrected chi connectivity index (χ0v) is 14.0. The van der Waals surface area contributed by atoms with E-state index in [4.69, 9.17) is 0 Å². The minimum atomic E-state index is -0.265. The van der Waals surface area contributed by atoms with Crippen LogP contribution in [0.15, 0.2) is 43.0 Å². The number of nitrogens with zero attached hydrogens (tertiary/aromatic N) is 2. The molecular weight excluding hydrogens is 305 g/mol. The molecule has 1 saturated carbocycles. The first-order chi connectivity index (χ1) is 11.6. The molecule has 1 aliphatic carbocycles. The van der Waals surface area contributed by atoms with Crippen molar-refractivity contribution in [2.75, 3.05) is 6.54 Å². The fraction of sp³-hybridized carbons (Fsp3) is 0.474. The van der Waals surface area contributed by atoms with Gasteiger partial charge in [0.05, 0.1) is 6.33 Å². The molecule has 0 bridgehead atoms. The van der Waals surface area contributed by atoms with Crippen LogP contribution in [0.1, 0.15) is 50.6 Å². The van der Waals surface area contributed by atoms with Crippen LogP contribution in [-0.4, -0.2) is 22.0 Å². The lowest BCUT2D eigenvalue weighted by Crippen LogP contribution is -2.40. The van der Waals surface area contributed by atoms with Crippen molar-refractivity contribution in [1.82, 2.24) is 14.9 Å². The Morgan fingerprint density at radius 2 is 2.12 bits per heavy atom. The van der Waals surface area contributed by atoms with Gasteiger partial charge in [0.2, 0.25) is 5.91 Å². The molecule has 3 rings (SSSR count). The summed E-state index contributed by atoms with van der Waals surface area (Å²) >= 11 is 0. The Hall–Kier alpha value is -2.17. The SMILES string of the molecule is CC(CC(=O)NCC1(c2ccccc2F)CCCC1)n1ccnc1. The minimum absolute atomic E-state index is 0.00110. The first kappa shape index (κ1) is 16.7. The predicted molar refractivity (Wildman–Crippen MR) is 91.1 cm³/mol. The predicted octanol–water partition coefficient (Wildman–Crippen LogP) is 3.60. The number of nitrogens with one attached hydrogen (secondary N) is 1. The van der Waals surface area contributed by atoms with Crippen LogP contribution in [0.25, 0.3) is 0 Å². The van der Waals surface area contributed by atoms with Gasteiger partial charge in [0.15, 0.2) is 0 Å². The molecule has 1 amide bonds. The summed E-state index contributed by atoms with van der Waals surface area (Å²) in [6, 6.07) is 7.02. The highest BCUT2D eigenvalue weighted by Gasteiger charge is 2.37. The quantitative estimate of drug-likeness (QED) is 0.880. The van der Waals surface area contributed by atoms with Gasteiger partial charge in [0.1, 0.15) is 5.82 Å². The Labute approximate surface area is 142 Å². The monoisotopic (exact) mass is 329 g/mol. The molecule has 2 aromatic rings. The van der Waals surface area contributed by atoms with E-state index in [-0.39, 0.29) is 23.2 Å². The van der Waals surface area contributed by atoms with E-state index in [9.17, 15) is 9.18 Å². The highest BCUT2D eigenvalue weighted by Crippen LogP contribution is 2.41. The largest absolute Gasteiger partial charge is 0.355 e. The van der Waals surface area contributed by atoms with Gasteiger partial charge in [-0.2, -0.15) is 0 Å².